The minimum absolute atomic E-state index is 0.0515. The molecule has 34 heavy (non-hydrogen) atoms. The van der Waals surface area contributed by atoms with Gasteiger partial charge in [-0.1, -0.05) is 12.1 Å². The Bertz CT molecular complexity index is 1210. The smallest absolute Gasteiger partial charge is 0.319 e. The third kappa shape index (κ3) is 5.30. The van der Waals surface area contributed by atoms with Gasteiger partial charge in [0.1, 0.15) is 17.3 Å². The summed E-state index contributed by atoms with van der Waals surface area (Å²) in [6.07, 6.45) is 3.06. The van der Waals surface area contributed by atoms with Crippen molar-refractivity contribution in [1.82, 2.24) is 15.3 Å². The number of halogens is 1. The van der Waals surface area contributed by atoms with Crippen LogP contribution in [0.2, 0.25) is 0 Å². The topological polar surface area (TPSA) is 125 Å². The monoisotopic (exact) mass is 467 g/mol. The molecule has 178 valence electrons. The van der Waals surface area contributed by atoms with Gasteiger partial charge in [0.25, 0.3) is 5.69 Å². The second-order valence-corrected chi connectivity index (χ2v) is 8.49. The highest BCUT2D eigenvalue weighted by Crippen LogP contribution is 2.27. The van der Waals surface area contributed by atoms with Crippen LogP contribution in [0.5, 0.6) is 0 Å². The molecule has 3 N–H and O–H groups in total. The fraction of sp³-hybridized carbons (Fsp3) is 0.348. The number of urea groups is 1. The number of nitrogens with zero attached hydrogens (tertiary/aromatic N) is 4. The molecule has 0 saturated heterocycles. The third-order valence-corrected chi connectivity index (χ3v) is 5.81. The zero-order chi connectivity index (χ0) is 24.2. The molecule has 1 aliphatic carbocycles. The molecule has 2 aromatic carbocycles. The van der Waals surface area contributed by atoms with E-state index in [2.05, 4.69) is 25.9 Å². The molecule has 2 amide bonds. The zero-order valence-electron chi connectivity index (χ0n) is 18.9. The van der Waals surface area contributed by atoms with Crippen LogP contribution in [0.4, 0.5) is 32.3 Å². The normalized spacial score (nSPS) is 17.7. The number of fused-ring (bicyclic) bond motifs is 1. The number of nitro benzene ring substituents is 1. The number of aromatic nitrogens is 2. The van der Waals surface area contributed by atoms with Gasteiger partial charge in [0, 0.05) is 31.6 Å². The van der Waals surface area contributed by atoms with Crippen LogP contribution in [0.25, 0.3) is 10.9 Å². The van der Waals surface area contributed by atoms with Crippen molar-refractivity contribution in [2.45, 2.75) is 37.8 Å². The number of amides is 2. The maximum atomic E-state index is 13.3. The van der Waals surface area contributed by atoms with Crippen LogP contribution >= 0.6 is 0 Å². The minimum atomic E-state index is -0.739. The Balaban J connectivity index is 1.34. The lowest BCUT2D eigenvalue weighted by atomic mass is 9.91. The molecule has 0 radical (unpaired) electrons. The highest BCUT2D eigenvalue weighted by Gasteiger charge is 2.24. The maximum Gasteiger partial charge on any atom is 0.319 e. The first-order valence-electron chi connectivity index (χ1n) is 11.0. The van der Waals surface area contributed by atoms with Crippen LogP contribution < -0.4 is 20.9 Å². The molecule has 0 unspecified atom stereocenters. The van der Waals surface area contributed by atoms with Gasteiger partial charge >= 0.3 is 6.03 Å². The van der Waals surface area contributed by atoms with Crippen LogP contribution in [0.1, 0.15) is 25.7 Å². The van der Waals surface area contributed by atoms with E-state index in [-0.39, 0.29) is 17.8 Å². The Morgan fingerprint density at radius 3 is 2.50 bits per heavy atom. The summed E-state index contributed by atoms with van der Waals surface area (Å²) in [5.41, 5.74) is 0.325. The molecule has 1 fully saturated rings. The van der Waals surface area contributed by atoms with Gasteiger partial charge in [0.2, 0.25) is 5.95 Å². The number of rotatable bonds is 6. The highest BCUT2D eigenvalue weighted by molar-refractivity contribution is 5.92. The summed E-state index contributed by atoms with van der Waals surface area (Å²) in [6, 6.07) is 10.4. The molecular formula is C23H26FN7O3. The second-order valence-electron chi connectivity index (χ2n) is 8.49. The molecule has 1 aromatic heterocycles. The Kier molecular flexibility index (Phi) is 6.71. The van der Waals surface area contributed by atoms with E-state index in [9.17, 15) is 19.3 Å². The van der Waals surface area contributed by atoms with Crippen molar-refractivity contribution in [3.05, 3.63) is 58.4 Å². The number of hydrogen-bond donors (Lipinski definition) is 3. The van der Waals surface area contributed by atoms with Gasteiger partial charge < -0.3 is 20.9 Å². The van der Waals surface area contributed by atoms with Crippen LogP contribution in [-0.4, -0.2) is 47.1 Å². The Labute approximate surface area is 195 Å². The molecule has 3 aromatic rings. The van der Waals surface area contributed by atoms with E-state index in [0.29, 0.717) is 5.95 Å². The molecule has 11 heteroatoms. The number of hydrogen-bond acceptors (Lipinski definition) is 7. The van der Waals surface area contributed by atoms with Crippen LogP contribution in [0, 0.1) is 15.9 Å². The largest absolute Gasteiger partial charge is 0.362 e. The first kappa shape index (κ1) is 23.1. The van der Waals surface area contributed by atoms with Crippen LogP contribution in [0.3, 0.4) is 0 Å². The number of nitrogens with one attached hydrogen (secondary N) is 3. The molecule has 0 aliphatic heterocycles. The van der Waals surface area contributed by atoms with E-state index in [1.807, 2.05) is 43.3 Å². The van der Waals surface area contributed by atoms with E-state index in [1.54, 1.807) is 0 Å². The van der Waals surface area contributed by atoms with Crippen molar-refractivity contribution in [3.63, 3.8) is 0 Å². The fourth-order valence-electron chi connectivity index (χ4n) is 4.14. The number of anilines is 3. The van der Waals surface area contributed by atoms with Gasteiger partial charge in [-0.05, 0) is 49.9 Å². The van der Waals surface area contributed by atoms with Crippen molar-refractivity contribution in [2.75, 3.05) is 29.6 Å². The predicted molar refractivity (Wildman–Crippen MR) is 129 cm³/mol. The van der Waals surface area contributed by atoms with E-state index in [0.717, 1.165) is 54.5 Å². The van der Waals surface area contributed by atoms with Gasteiger partial charge in [-0.15, -0.1) is 0 Å². The molecule has 10 nitrogen and oxygen atoms in total. The van der Waals surface area contributed by atoms with Crippen molar-refractivity contribution in [3.8, 4) is 0 Å². The number of benzene rings is 2. The molecule has 1 aliphatic rings. The fourth-order valence-corrected chi connectivity index (χ4v) is 4.14. The number of carbonyl (C=O) groups excluding carboxylic acids is 1. The lowest BCUT2D eigenvalue weighted by Gasteiger charge is -2.30. The van der Waals surface area contributed by atoms with Gasteiger partial charge in [-0.3, -0.25) is 10.1 Å². The number of nitro groups is 1. The van der Waals surface area contributed by atoms with Crippen molar-refractivity contribution in [1.29, 1.82) is 0 Å². The van der Waals surface area contributed by atoms with Crippen molar-refractivity contribution >= 4 is 40.1 Å². The molecule has 0 atom stereocenters. The Morgan fingerprint density at radius 2 is 1.79 bits per heavy atom. The van der Waals surface area contributed by atoms with Gasteiger partial charge in [0.05, 0.1) is 16.5 Å². The number of carbonyl (C=O) groups is 1. The maximum absolute atomic E-state index is 13.3. The Hall–Kier alpha value is -4.02. The first-order chi connectivity index (χ1) is 16.3. The van der Waals surface area contributed by atoms with Crippen molar-refractivity contribution in [2.24, 2.45) is 0 Å². The molecule has 4 rings (SSSR count). The lowest BCUT2D eigenvalue weighted by molar-refractivity contribution is -0.384. The minimum Gasteiger partial charge on any atom is -0.362 e. The van der Waals surface area contributed by atoms with Gasteiger partial charge in [-0.25, -0.2) is 14.2 Å². The van der Waals surface area contributed by atoms with Crippen LogP contribution in [0.15, 0.2) is 42.5 Å². The standard InChI is InChI=1S/C23H26FN7O3/c1-30(2)21-17-5-3-4-6-18(17)27-22(29-21)25-15-8-10-16(11-9-15)26-23(32)28-19-12-7-14(24)13-20(19)31(33)34/h3-7,12-13,15-16H,8-11H2,1-2H3,(H,25,27,29)(H2,26,28,32). The first-order valence-corrected chi connectivity index (χ1v) is 11.0. The van der Waals surface area contributed by atoms with E-state index in [1.165, 1.54) is 6.07 Å². The molecule has 1 saturated carbocycles. The summed E-state index contributed by atoms with van der Waals surface area (Å²) in [5, 5.41) is 20.8. The van der Waals surface area contributed by atoms with E-state index in [4.69, 9.17) is 0 Å². The van der Waals surface area contributed by atoms with E-state index >= 15 is 0 Å². The summed E-state index contributed by atoms with van der Waals surface area (Å²) < 4.78 is 13.3. The average molecular weight is 468 g/mol. The summed E-state index contributed by atoms with van der Waals surface area (Å²) in [7, 11) is 3.89. The summed E-state index contributed by atoms with van der Waals surface area (Å²) in [5.74, 6) is 0.673. The summed E-state index contributed by atoms with van der Waals surface area (Å²) in [6.45, 7) is 0. The van der Waals surface area contributed by atoms with Gasteiger partial charge in [0.15, 0.2) is 0 Å². The quantitative estimate of drug-likeness (QED) is 0.365. The summed E-state index contributed by atoms with van der Waals surface area (Å²) in [4.78, 5) is 34.0. The molecule has 0 bridgehead atoms. The zero-order valence-corrected chi connectivity index (χ0v) is 18.9. The third-order valence-electron chi connectivity index (χ3n) is 5.81. The SMILES string of the molecule is CN(C)c1nc(NC2CCC(NC(=O)Nc3ccc(F)cc3[N+](=O)[O-])CC2)nc2ccccc12. The summed E-state index contributed by atoms with van der Waals surface area (Å²) >= 11 is 0. The van der Waals surface area contributed by atoms with Crippen molar-refractivity contribution < 1.29 is 14.1 Å². The Morgan fingerprint density at radius 1 is 1.09 bits per heavy atom. The predicted octanol–water partition coefficient (Wildman–Crippen LogP) is 4.29. The molecule has 1 heterocycles. The lowest BCUT2D eigenvalue weighted by Crippen LogP contribution is -2.42. The second kappa shape index (κ2) is 9.86. The molecular weight excluding hydrogens is 441 g/mol. The highest BCUT2D eigenvalue weighted by atomic mass is 19.1. The molecule has 0 spiro atoms. The van der Waals surface area contributed by atoms with Gasteiger partial charge in [-0.2, -0.15) is 4.98 Å². The number of para-hydroxylation sites is 1. The van der Waals surface area contributed by atoms with E-state index < -0.39 is 22.5 Å². The average Bonchev–Trinajstić information content (AvgIpc) is 2.80. The van der Waals surface area contributed by atoms with Crippen LogP contribution in [-0.2, 0) is 0 Å².